The minimum atomic E-state index is 0.688. The van der Waals surface area contributed by atoms with Gasteiger partial charge in [-0.1, -0.05) is 0 Å². The van der Waals surface area contributed by atoms with Crippen molar-refractivity contribution in [3.05, 3.63) is 52.9 Å². The summed E-state index contributed by atoms with van der Waals surface area (Å²) in [7, 11) is 0. The molecule has 1 aliphatic heterocycles. The molecule has 0 radical (unpaired) electrons. The summed E-state index contributed by atoms with van der Waals surface area (Å²) in [6.45, 7) is 1.83. The van der Waals surface area contributed by atoms with Crippen LogP contribution >= 0.6 is 0 Å². The highest BCUT2D eigenvalue weighted by molar-refractivity contribution is 5.34. The molecule has 4 heteroatoms. The zero-order valence-corrected chi connectivity index (χ0v) is 10.8. The zero-order valence-electron chi connectivity index (χ0n) is 10.8. The molecule has 2 aromatic heterocycles. The van der Waals surface area contributed by atoms with Crippen molar-refractivity contribution < 1.29 is 0 Å². The molecule has 0 atom stereocenters. The van der Waals surface area contributed by atoms with Crippen molar-refractivity contribution in [1.82, 2.24) is 20.3 Å². The maximum Gasteiger partial charge on any atom is 0.133 e. The Morgan fingerprint density at radius 2 is 1.95 bits per heavy atom. The van der Waals surface area contributed by atoms with Gasteiger partial charge in [-0.25, -0.2) is 9.97 Å². The highest BCUT2D eigenvalue weighted by Crippen LogP contribution is 2.41. The highest BCUT2D eigenvalue weighted by Gasteiger charge is 2.31. The van der Waals surface area contributed by atoms with Crippen LogP contribution in [0, 0.1) is 0 Å². The van der Waals surface area contributed by atoms with Crippen molar-refractivity contribution in [2.24, 2.45) is 0 Å². The second kappa shape index (κ2) is 4.38. The summed E-state index contributed by atoms with van der Waals surface area (Å²) in [6.07, 6.45) is 7.03. The van der Waals surface area contributed by atoms with Crippen molar-refractivity contribution in [2.75, 3.05) is 0 Å². The Balaban J connectivity index is 1.71. The van der Waals surface area contributed by atoms with E-state index in [2.05, 4.69) is 10.3 Å². The van der Waals surface area contributed by atoms with Crippen LogP contribution in [0.4, 0.5) is 0 Å². The van der Waals surface area contributed by atoms with E-state index in [1.165, 1.54) is 35.4 Å². The molecule has 0 bridgehead atoms. The fourth-order valence-electron chi connectivity index (χ4n) is 2.70. The summed E-state index contributed by atoms with van der Waals surface area (Å²) in [5, 5.41) is 3.39. The molecule has 19 heavy (non-hydrogen) atoms. The monoisotopic (exact) mass is 252 g/mol. The predicted octanol–water partition coefficient (Wildman–Crippen LogP) is 1.94. The van der Waals surface area contributed by atoms with Crippen LogP contribution in [0.15, 0.2) is 24.5 Å². The topological polar surface area (TPSA) is 50.7 Å². The van der Waals surface area contributed by atoms with Gasteiger partial charge in [-0.2, -0.15) is 0 Å². The van der Waals surface area contributed by atoms with Crippen molar-refractivity contribution in [2.45, 2.75) is 38.3 Å². The zero-order chi connectivity index (χ0) is 12.7. The van der Waals surface area contributed by atoms with E-state index in [0.29, 0.717) is 5.92 Å². The van der Waals surface area contributed by atoms with Crippen molar-refractivity contribution in [1.29, 1.82) is 0 Å². The average molecular weight is 252 g/mol. The highest BCUT2D eigenvalue weighted by atomic mass is 15.0. The van der Waals surface area contributed by atoms with E-state index in [9.17, 15) is 0 Å². The Morgan fingerprint density at radius 1 is 1.11 bits per heavy atom. The van der Waals surface area contributed by atoms with Gasteiger partial charge in [0, 0.05) is 43.4 Å². The predicted molar refractivity (Wildman–Crippen MR) is 71.6 cm³/mol. The first-order chi connectivity index (χ1) is 9.40. The minimum Gasteiger partial charge on any atom is -0.307 e. The van der Waals surface area contributed by atoms with Crippen LogP contribution < -0.4 is 5.32 Å². The third-order valence-corrected chi connectivity index (χ3v) is 3.84. The number of fused-ring (bicyclic) bond motifs is 1. The SMILES string of the molecule is c1cc(Cc2nc3c(c(C4CC4)n2)CNC3)ccn1. The maximum atomic E-state index is 4.83. The number of pyridine rings is 1. The molecule has 2 aromatic rings. The van der Waals surface area contributed by atoms with Crippen molar-refractivity contribution in [3.63, 3.8) is 0 Å². The summed E-state index contributed by atoms with van der Waals surface area (Å²) in [5.74, 6) is 1.64. The van der Waals surface area contributed by atoms with Gasteiger partial charge in [0.05, 0.1) is 11.4 Å². The smallest absolute Gasteiger partial charge is 0.133 e. The van der Waals surface area contributed by atoms with Gasteiger partial charge >= 0.3 is 0 Å². The lowest BCUT2D eigenvalue weighted by Crippen LogP contribution is -2.06. The molecule has 0 spiro atoms. The molecule has 0 aromatic carbocycles. The molecule has 1 aliphatic carbocycles. The molecule has 2 aliphatic rings. The summed E-state index contributed by atoms with van der Waals surface area (Å²) >= 11 is 0. The lowest BCUT2D eigenvalue weighted by atomic mass is 10.1. The third-order valence-electron chi connectivity index (χ3n) is 3.84. The Hall–Kier alpha value is -1.81. The van der Waals surface area contributed by atoms with Gasteiger partial charge < -0.3 is 5.32 Å². The fraction of sp³-hybridized carbons (Fsp3) is 0.400. The number of hydrogen-bond donors (Lipinski definition) is 1. The van der Waals surface area contributed by atoms with Gasteiger partial charge in [0.15, 0.2) is 0 Å². The van der Waals surface area contributed by atoms with Crippen LogP contribution in [0.1, 0.15) is 47.1 Å². The van der Waals surface area contributed by atoms with E-state index in [1.54, 1.807) is 0 Å². The lowest BCUT2D eigenvalue weighted by molar-refractivity contribution is 0.754. The molecule has 1 fully saturated rings. The van der Waals surface area contributed by atoms with Gasteiger partial charge in [0.25, 0.3) is 0 Å². The standard InChI is InChI=1S/C15H16N4/c1-2-11(1)15-12-8-17-9-13(12)18-14(19-15)7-10-3-5-16-6-4-10/h3-6,11,17H,1-2,7-9H2. The van der Waals surface area contributed by atoms with Crippen LogP contribution in [0.5, 0.6) is 0 Å². The van der Waals surface area contributed by atoms with Gasteiger partial charge in [-0.3, -0.25) is 4.98 Å². The molecular weight excluding hydrogens is 236 g/mol. The molecule has 0 unspecified atom stereocenters. The normalized spacial score (nSPS) is 17.5. The van der Waals surface area contributed by atoms with Gasteiger partial charge in [0.1, 0.15) is 5.82 Å². The summed E-state index contributed by atoms with van der Waals surface area (Å²) in [5.41, 5.74) is 5.10. The number of nitrogens with one attached hydrogen (secondary N) is 1. The molecule has 0 amide bonds. The summed E-state index contributed by atoms with van der Waals surface area (Å²) < 4.78 is 0. The largest absolute Gasteiger partial charge is 0.307 e. The minimum absolute atomic E-state index is 0.688. The molecule has 3 heterocycles. The number of hydrogen-bond acceptors (Lipinski definition) is 4. The molecule has 96 valence electrons. The Kier molecular flexibility index (Phi) is 2.55. The van der Waals surface area contributed by atoms with E-state index in [1.807, 2.05) is 24.5 Å². The van der Waals surface area contributed by atoms with E-state index < -0.39 is 0 Å². The van der Waals surface area contributed by atoms with E-state index in [4.69, 9.17) is 9.97 Å². The van der Waals surface area contributed by atoms with Crippen LogP contribution in [-0.4, -0.2) is 15.0 Å². The Morgan fingerprint density at radius 3 is 2.74 bits per heavy atom. The van der Waals surface area contributed by atoms with Crippen LogP contribution in [0.2, 0.25) is 0 Å². The van der Waals surface area contributed by atoms with Gasteiger partial charge in [0.2, 0.25) is 0 Å². The Labute approximate surface area is 112 Å². The Bertz CT molecular complexity index is 605. The quantitative estimate of drug-likeness (QED) is 0.907. The first-order valence-corrected chi connectivity index (χ1v) is 6.88. The fourth-order valence-corrected chi connectivity index (χ4v) is 2.70. The number of nitrogens with zero attached hydrogens (tertiary/aromatic N) is 3. The van der Waals surface area contributed by atoms with Crippen molar-refractivity contribution >= 4 is 0 Å². The second-order valence-electron chi connectivity index (χ2n) is 5.36. The van der Waals surface area contributed by atoms with Crippen LogP contribution in [-0.2, 0) is 19.5 Å². The van der Waals surface area contributed by atoms with E-state index in [0.717, 1.165) is 25.3 Å². The molecule has 4 rings (SSSR count). The number of rotatable bonds is 3. The van der Waals surface area contributed by atoms with Gasteiger partial charge in [-0.05, 0) is 30.5 Å². The van der Waals surface area contributed by atoms with Gasteiger partial charge in [-0.15, -0.1) is 0 Å². The molecule has 4 nitrogen and oxygen atoms in total. The average Bonchev–Trinajstić information content (AvgIpc) is 3.17. The van der Waals surface area contributed by atoms with E-state index >= 15 is 0 Å². The molecule has 1 saturated carbocycles. The van der Waals surface area contributed by atoms with Crippen LogP contribution in [0.25, 0.3) is 0 Å². The third kappa shape index (κ3) is 2.12. The van der Waals surface area contributed by atoms with E-state index in [-0.39, 0.29) is 0 Å². The summed E-state index contributed by atoms with van der Waals surface area (Å²) in [4.78, 5) is 13.6. The maximum absolute atomic E-state index is 4.83. The number of aromatic nitrogens is 3. The van der Waals surface area contributed by atoms with Crippen LogP contribution in [0.3, 0.4) is 0 Å². The lowest BCUT2D eigenvalue weighted by Gasteiger charge is -2.08. The molecule has 0 saturated heterocycles. The first kappa shape index (κ1) is 11.1. The summed E-state index contributed by atoms with van der Waals surface area (Å²) in [6, 6.07) is 4.07. The van der Waals surface area contributed by atoms with Crippen molar-refractivity contribution in [3.8, 4) is 0 Å². The second-order valence-corrected chi connectivity index (χ2v) is 5.36. The molecule has 1 N–H and O–H groups in total. The molecular formula is C15H16N4. The first-order valence-electron chi connectivity index (χ1n) is 6.88.